The highest BCUT2D eigenvalue weighted by atomic mass is 16.6. The standard InChI is InChI=1S/C16H15N5O2/c1-2-20-15-9-4-3-8-14(15)18-16(20)19-17-11-12-6-5-7-13(10-12)21(22)23/h3-11H,2H2,1H3,(H,18,19)/b17-11-. The smallest absolute Gasteiger partial charge is 0.270 e. The van der Waals surface area contributed by atoms with E-state index in [9.17, 15) is 10.1 Å². The van der Waals surface area contributed by atoms with Crippen molar-refractivity contribution in [1.82, 2.24) is 9.55 Å². The van der Waals surface area contributed by atoms with Crippen LogP contribution >= 0.6 is 0 Å². The number of benzene rings is 2. The molecular weight excluding hydrogens is 294 g/mol. The second-order valence-corrected chi connectivity index (χ2v) is 4.89. The van der Waals surface area contributed by atoms with Gasteiger partial charge in [0, 0.05) is 24.2 Å². The largest absolute Gasteiger partial charge is 0.309 e. The van der Waals surface area contributed by atoms with Crippen LogP contribution in [0.2, 0.25) is 0 Å². The molecule has 23 heavy (non-hydrogen) atoms. The van der Waals surface area contributed by atoms with E-state index in [4.69, 9.17) is 0 Å². The minimum atomic E-state index is -0.429. The van der Waals surface area contributed by atoms with E-state index in [1.807, 2.05) is 35.8 Å². The van der Waals surface area contributed by atoms with Gasteiger partial charge in [-0.2, -0.15) is 5.10 Å². The first-order chi connectivity index (χ1) is 11.2. The molecule has 1 aromatic heterocycles. The topological polar surface area (TPSA) is 85.3 Å². The normalized spacial score (nSPS) is 11.2. The molecule has 0 bridgehead atoms. The van der Waals surface area contributed by atoms with Crippen molar-refractivity contribution < 1.29 is 4.92 Å². The molecule has 1 heterocycles. The van der Waals surface area contributed by atoms with Crippen molar-refractivity contribution in [2.45, 2.75) is 13.5 Å². The van der Waals surface area contributed by atoms with Crippen LogP contribution in [0, 0.1) is 10.1 Å². The minimum absolute atomic E-state index is 0.0368. The molecule has 2 aromatic carbocycles. The lowest BCUT2D eigenvalue weighted by molar-refractivity contribution is -0.384. The zero-order chi connectivity index (χ0) is 16.2. The van der Waals surface area contributed by atoms with Crippen molar-refractivity contribution in [3.8, 4) is 0 Å². The number of imidazole rings is 1. The molecule has 0 spiro atoms. The summed E-state index contributed by atoms with van der Waals surface area (Å²) in [5, 5.41) is 14.9. The molecular formula is C16H15N5O2. The summed E-state index contributed by atoms with van der Waals surface area (Å²) in [5.41, 5.74) is 5.51. The number of nitrogens with one attached hydrogen (secondary N) is 1. The van der Waals surface area contributed by atoms with E-state index >= 15 is 0 Å². The summed E-state index contributed by atoms with van der Waals surface area (Å²) in [6.07, 6.45) is 1.53. The number of nitro groups is 1. The molecule has 0 fully saturated rings. The number of aromatic nitrogens is 2. The van der Waals surface area contributed by atoms with Crippen LogP contribution < -0.4 is 5.43 Å². The summed E-state index contributed by atoms with van der Waals surface area (Å²) < 4.78 is 2.01. The van der Waals surface area contributed by atoms with Crippen molar-refractivity contribution >= 4 is 28.9 Å². The zero-order valence-corrected chi connectivity index (χ0v) is 12.5. The Kier molecular flexibility index (Phi) is 4.01. The number of non-ortho nitro benzene ring substituents is 1. The molecule has 0 saturated heterocycles. The molecule has 3 rings (SSSR count). The van der Waals surface area contributed by atoms with Gasteiger partial charge in [-0.15, -0.1) is 0 Å². The molecule has 0 atom stereocenters. The predicted octanol–water partition coefficient (Wildman–Crippen LogP) is 3.41. The molecule has 7 heteroatoms. The quantitative estimate of drug-likeness (QED) is 0.444. The first-order valence-corrected chi connectivity index (χ1v) is 7.18. The van der Waals surface area contributed by atoms with Gasteiger partial charge >= 0.3 is 0 Å². The summed E-state index contributed by atoms with van der Waals surface area (Å²) in [6.45, 7) is 2.79. The lowest BCUT2D eigenvalue weighted by Gasteiger charge is -2.04. The highest BCUT2D eigenvalue weighted by Crippen LogP contribution is 2.19. The van der Waals surface area contributed by atoms with E-state index in [-0.39, 0.29) is 5.69 Å². The van der Waals surface area contributed by atoms with Gasteiger partial charge < -0.3 is 4.57 Å². The third kappa shape index (κ3) is 3.03. The minimum Gasteiger partial charge on any atom is -0.309 e. The molecule has 7 nitrogen and oxygen atoms in total. The Morgan fingerprint density at radius 2 is 2.13 bits per heavy atom. The van der Waals surface area contributed by atoms with Gasteiger partial charge in [0.2, 0.25) is 5.95 Å². The van der Waals surface area contributed by atoms with Crippen LogP contribution in [0.3, 0.4) is 0 Å². The maximum absolute atomic E-state index is 10.8. The zero-order valence-electron chi connectivity index (χ0n) is 12.5. The van der Waals surface area contributed by atoms with Crippen LogP contribution in [0.15, 0.2) is 53.6 Å². The van der Waals surface area contributed by atoms with Crippen LogP contribution in [-0.4, -0.2) is 20.7 Å². The molecule has 0 amide bonds. The van der Waals surface area contributed by atoms with Gasteiger partial charge in [-0.25, -0.2) is 10.4 Å². The van der Waals surface area contributed by atoms with Crippen LogP contribution in [0.1, 0.15) is 12.5 Å². The number of nitro benzene ring substituents is 1. The van der Waals surface area contributed by atoms with Crippen molar-refractivity contribution in [1.29, 1.82) is 0 Å². The number of nitrogens with zero attached hydrogens (tertiary/aromatic N) is 4. The van der Waals surface area contributed by atoms with Gasteiger partial charge in [-0.3, -0.25) is 10.1 Å². The maximum atomic E-state index is 10.8. The van der Waals surface area contributed by atoms with Gasteiger partial charge in [0.1, 0.15) is 0 Å². The third-order valence-electron chi connectivity index (χ3n) is 3.43. The Morgan fingerprint density at radius 1 is 1.30 bits per heavy atom. The van der Waals surface area contributed by atoms with Crippen molar-refractivity contribution in [3.05, 3.63) is 64.2 Å². The van der Waals surface area contributed by atoms with Crippen LogP contribution in [0.25, 0.3) is 11.0 Å². The number of hydrogen-bond donors (Lipinski definition) is 1. The summed E-state index contributed by atoms with van der Waals surface area (Å²) in [4.78, 5) is 14.8. The third-order valence-corrected chi connectivity index (χ3v) is 3.43. The fourth-order valence-corrected chi connectivity index (χ4v) is 2.36. The molecule has 0 saturated carbocycles. The Bertz CT molecular complexity index is 885. The van der Waals surface area contributed by atoms with E-state index in [0.29, 0.717) is 11.5 Å². The molecule has 3 aromatic rings. The van der Waals surface area contributed by atoms with Crippen molar-refractivity contribution in [2.24, 2.45) is 5.10 Å². The SMILES string of the molecule is CCn1c(N/N=C\c2cccc([N+](=O)[O-])c2)nc2ccccc21. The van der Waals surface area contributed by atoms with Crippen molar-refractivity contribution in [3.63, 3.8) is 0 Å². The Balaban J connectivity index is 1.83. The predicted molar refractivity (Wildman–Crippen MR) is 89.7 cm³/mol. The number of hydrogen-bond acceptors (Lipinski definition) is 5. The van der Waals surface area contributed by atoms with Gasteiger partial charge in [0.25, 0.3) is 5.69 Å². The van der Waals surface area contributed by atoms with Gasteiger partial charge in [-0.1, -0.05) is 24.3 Å². The second kappa shape index (κ2) is 6.27. The average molecular weight is 309 g/mol. The first-order valence-electron chi connectivity index (χ1n) is 7.18. The summed E-state index contributed by atoms with van der Waals surface area (Å²) in [6, 6.07) is 14.1. The molecule has 116 valence electrons. The number of para-hydroxylation sites is 2. The summed E-state index contributed by atoms with van der Waals surface area (Å²) in [7, 11) is 0. The number of rotatable bonds is 5. The van der Waals surface area contributed by atoms with E-state index in [1.54, 1.807) is 12.1 Å². The lowest BCUT2D eigenvalue weighted by atomic mass is 10.2. The Hall–Kier alpha value is -3.22. The highest BCUT2D eigenvalue weighted by molar-refractivity contribution is 5.82. The summed E-state index contributed by atoms with van der Waals surface area (Å²) >= 11 is 0. The fraction of sp³-hybridized carbons (Fsp3) is 0.125. The maximum Gasteiger partial charge on any atom is 0.270 e. The van der Waals surface area contributed by atoms with E-state index < -0.39 is 4.92 Å². The average Bonchev–Trinajstić information content (AvgIpc) is 2.92. The van der Waals surface area contributed by atoms with Crippen LogP contribution in [0.4, 0.5) is 11.6 Å². The lowest BCUT2D eigenvalue weighted by Crippen LogP contribution is -2.01. The first kappa shape index (κ1) is 14.7. The van der Waals surface area contributed by atoms with Gasteiger partial charge in [0.05, 0.1) is 22.2 Å². The highest BCUT2D eigenvalue weighted by Gasteiger charge is 2.08. The molecule has 0 aliphatic rings. The van der Waals surface area contributed by atoms with Crippen LogP contribution in [-0.2, 0) is 6.54 Å². The van der Waals surface area contributed by atoms with Gasteiger partial charge in [0.15, 0.2) is 0 Å². The number of aryl methyl sites for hydroxylation is 1. The second-order valence-electron chi connectivity index (χ2n) is 4.89. The van der Waals surface area contributed by atoms with E-state index in [0.717, 1.165) is 17.6 Å². The molecule has 1 N–H and O–H groups in total. The fourth-order valence-electron chi connectivity index (χ4n) is 2.36. The Morgan fingerprint density at radius 3 is 2.91 bits per heavy atom. The van der Waals surface area contributed by atoms with Crippen LogP contribution in [0.5, 0.6) is 0 Å². The van der Waals surface area contributed by atoms with Crippen molar-refractivity contribution in [2.75, 3.05) is 5.43 Å². The molecule has 0 aliphatic heterocycles. The number of hydrazone groups is 1. The molecule has 0 aliphatic carbocycles. The molecule has 0 unspecified atom stereocenters. The molecule has 0 radical (unpaired) electrons. The Labute approximate surface area is 132 Å². The van der Waals surface area contributed by atoms with E-state index in [1.165, 1.54) is 18.3 Å². The number of anilines is 1. The van der Waals surface area contributed by atoms with Gasteiger partial charge in [-0.05, 0) is 19.1 Å². The monoisotopic (exact) mass is 309 g/mol. The number of fused-ring (bicyclic) bond motifs is 1. The summed E-state index contributed by atoms with van der Waals surface area (Å²) in [5.74, 6) is 0.635. The van der Waals surface area contributed by atoms with E-state index in [2.05, 4.69) is 15.5 Å².